The van der Waals surface area contributed by atoms with Crippen molar-refractivity contribution in [3.8, 4) is 11.5 Å². The zero-order valence-electron chi connectivity index (χ0n) is 29.0. The highest BCUT2D eigenvalue weighted by molar-refractivity contribution is 5.75. The van der Waals surface area contributed by atoms with Crippen molar-refractivity contribution in [1.29, 1.82) is 0 Å². The number of hydrogen-bond donors (Lipinski definition) is 2. The summed E-state index contributed by atoms with van der Waals surface area (Å²) in [6.07, 6.45) is 1.30. The van der Waals surface area contributed by atoms with Gasteiger partial charge in [0.25, 0.3) is 0 Å². The molecule has 0 radical (unpaired) electrons. The van der Waals surface area contributed by atoms with Gasteiger partial charge >= 0.3 is 6.03 Å². The highest BCUT2D eigenvalue weighted by Gasteiger charge is 2.34. The summed E-state index contributed by atoms with van der Waals surface area (Å²) in [6, 6.07) is 44.8. The number of ether oxygens (including phenoxy) is 1. The number of rotatable bonds is 9. The van der Waals surface area contributed by atoms with Crippen molar-refractivity contribution in [2.45, 2.75) is 71.9 Å². The first kappa shape index (κ1) is 36.8. The van der Waals surface area contributed by atoms with Gasteiger partial charge in [-0.1, -0.05) is 135 Å². The van der Waals surface area contributed by atoms with Crippen molar-refractivity contribution in [2.24, 2.45) is 0 Å². The fourth-order valence-electron chi connectivity index (χ4n) is 5.72. The van der Waals surface area contributed by atoms with Crippen LogP contribution in [0, 0.1) is 6.92 Å². The number of phenolic OH excluding ortho intramolecular Hbond substituents is 1. The third-order valence-electron chi connectivity index (χ3n) is 8.35. The zero-order chi connectivity index (χ0) is 34.8. The van der Waals surface area contributed by atoms with Gasteiger partial charge in [0.05, 0.1) is 12.1 Å². The van der Waals surface area contributed by atoms with E-state index in [9.17, 15) is 15.0 Å². The van der Waals surface area contributed by atoms with E-state index in [1.165, 1.54) is 11.1 Å². The molecule has 49 heavy (non-hydrogen) atoms. The van der Waals surface area contributed by atoms with Crippen LogP contribution in [0.4, 0.5) is 4.79 Å². The summed E-state index contributed by atoms with van der Waals surface area (Å²) in [6.45, 7) is 8.30. The monoisotopic (exact) mass is 658 g/mol. The van der Waals surface area contributed by atoms with E-state index in [0.717, 1.165) is 28.9 Å². The molecule has 6 heteroatoms. The molecule has 1 fully saturated rings. The van der Waals surface area contributed by atoms with Gasteiger partial charge in [0, 0.05) is 19.6 Å². The molecule has 1 heterocycles. The average molecular weight is 659 g/mol. The molecular formula is C43H50N2O4. The minimum absolute atomic E-state index is 0.0553. The Kier molecular flexibility index (Phi) is 14.8. The van der Waals surface area contributed by atoms with Crippen LogP contribution in [0.15, 0.2) is 140 Å². The molecule has 0 aromatic heterocycles. The van der Waals surface area contributed by atoms with E-state index in [4.69, 9.17) is 4.74 Å². The first-order chi connectivity index (χ1) is 23.9. The quantitative estimate of drug-likeness (QED) is 0.166. The van der Waals surface area contributed by atoms with Crippen LogP contribution < -0.4 is 4.74 Å². The molecule has 5 aromatic rings. The number of hydrogen-bond acceptors (Lipinski definition) is 4. The molecule has 1 aliphatic rings. The summed E-state index contributed by atoms with van der Waals surface area (Å²) in [5.74, 6) is 1.13. The Balaban J connectivity index is 0.000000265. The maximum atomic E-state index is 13.8. The highest BCUT2D eigenvalue weighted by atomic mass is 16.5. The molecule has 6 nitrogen and oxygen atoms in total. The number of carbonyl (C=O) groups excluding carboxylic acids is 1. The Morgan fingerprint density at radius 3 is 1.78 bits per heavy atom. The van der Waals surface area contributed by atoms with Crippen LogP contribution in [-0.4, -0.2) is 44.7 Å². The molecule has 2 N–H and O–H groups in total. The van der Waals surface area contributed by atoms with Gasteiger partial charge in [-0.2, -0.15) is 0 Å². The Morgan fingerprint density at radius 1 is 0.673 bits per heavy atom. The number of carbonyl (C=O) groups is 1. The maximum Gasteiger partial charge on any atom is 0.320 e. The minimum Gasteiger partial charge on any atom is -0.508 e. The lowest BCUT2D eigenvalue weighted by molar-refractivity contribution is 0.0295. The number of phenols is 1. The molecule has 5 aromatic carbocycles. The molecule has 2 unspecified atom stereocenters. The second-order valence-corrected chi connectivity index (χ2v) is 12.0. The van der Waals surface area contributed by atoms with Crippen LogP contribution >= 0.6 is 0 Å². The molecule has 0 aliphatic carbocycles. The van der Waals surface area contributed by atoms with Crippen molar-refractivity contribution in [1.82, 2.24) is 9.80 Å². The van der Waals surface area contributed by atoms with Gasteiger partial charge in [-0.05, 0) is 72.7 Å². The Morgan fingerprint density at radius 2 is 1.20 bits per heavy atom. The Bertz CT molecular complexity index is 1630. The second kappa shape index (κ2) is 19.7. The van der Waals surface area contributed by atoms with E-state index in [2.05, 4.69) is 31.2 Å². The van der Waals surface area contributed by atoms with E-state index >= 15 is 0 Å². The largest absolute Gasteiger partial charge is 0.508 e. The Hall–Kier alpha value is -5.07. The van der Waals surface area contributed by atoms with Gasteiger partial charge < -0.3 is 24.7 Å². The van der Waals surface area contributed by atoms with E-state index in [0.29, 0.717) is 39.1 Å². The predicted octanol–water partition coefficient (Wildman–Crippen LogP) is 9.18. The molecule has 1 saturated heterocycles. The van der Waals surface area contributed by atoms with Crippen LogP contribution in [0.3, 0.4) is 0 Å². The number of aromatic hydroxyl groups is 1. The topological polar surface area (TPSA) is 73.2 Å². The number of benzene rings is 5. The summed E-state index contributed by atoms with van der Waals surface area (Å²) >= 11 is 0. The number of amides is 2. The fourth-order valence-corrected chi connectivity index (χ4v) is 5.72. The van der Waals surface area contributed by atoms with E-state index in [1.54, 1.807) is 12.1 Å². The molecule has 6 rings (SSSR count). The maximum absolute atomic E-state index is 13.8. The number of aliphatic hydroxyl groups is 1. The summed E-state index contributed by atoms with van der Waals surface area (Å²) in [5, 5.41) is 20.7. The highest BCUT2D eigenvalue weighted by Crippen LogP contribution is 2.25. The molecule has 1 aliphatic heterocycles. The summed E-state index contributed by atoms with van der Waals surface area (Å²) in [4.78, 5) is 17.5. The number of aryl methyl sites for hydroxylation is 1. The lowest BCUT2D eigenvalue weighted by atomic mass is 9.95. The number of aliphatic hydroxyl groups excluding tert-OH is 1. The predicted molar refractivity (Wildman–Crippen MR) is 198 cm³/mol. The van der Waals surface area contributed by atoms with Crippen LogP contribution in [0.2, 0.25) is 0 Å². The molecule has 2 amide bonds. The van der Waals surface area contributed by atoms with Gasteiger partial charge in [0.15, 0.2) is 0 Å². The van der Waals surface area contributed by atoms with Crippen molar-refractivity contribution >= 4 is 6.03 Å². The lowest BCUT2D eigenvalue weighted by Gasteiger charge is -2.41. The summed E-state index contributed by atoms with van der Waals surface area (Å²) in [5.41, 5.74) is 5.55. The van der Waals surface area contributed by atoms with Gasteiger partial charge in [0.1, 0.15) is 18.1 Å². The molecule has 0 spiro atoms. The van der Waals surface area contributed by atoms with Crippen molar-refractivity contribution in [2.75, 3.05) is 6.54 Å². The molecule has 256 valence electrons. The molecule has 2 atom stereocenters. The van der Waals surface area contributed by atoms with E-state index in [-0.39, 0.29) is 17.8 Å². The lowest BCUT2D eigenvalue weighted by Crippen LogP contribution is -2.54. The van der Waals surface area contributed by atoms with Crippen LogP contribution in [0.1, 0.15) is 54.5 Å². The van der Waals surface area contributed by atoms with Crippen molar-refractivity contribution in [3.05, 3.63) is 167 Å². The van der Waals surface area contributed by atoms with Crippen LogP contribution in [0.5, 0.6) is 11.5 Å². The SMILES string of the molecule is CC.Cc1ccc(OCc2ccccc2)cc1.O=C1N(Cc2ccccc2)CCCC(O)C(Cc2ccc(O)cc2)N1Cc1ccccc1. The van der Waals surface area contributed by atoms with Crippen molar-refractivity contribution < 1.29 is 19.7 Å². The normalized spacial score (nSPS) is 15.9. The number of nitrogens with zero attached hydrogens (tertiary/aromatic N) is 2. The molecule has 0 bridgehead atoms. The van der Waals surface area contributed by atoms with Crippen LogP contribution in [0.25, 0.3) is 0 Å². The van der Waals surface area contributed by atoms with Crippen LogP contribution in [-0.2, 0) is 26.1 Å². The smallest absolute Gasteiger partial charge is 0.320 e. The van der Waals surface area contributed by atoms with Gasteiger partial charge in [0.2, 0.25) is 0 Å². The van der Waals surface area contributed by atoms with Gasteiger partial charge in [-0.15, -0.1) is 0 Å². The molecule has 0 saturated carbocycles. The van der Waals surface area contributed by atoms with Gasteiger partial charge in [-0.3, -0.25) is 0 Å². The third kappa shape index (κ3) is 11.8. The zero-order valence-corrected chi connectivity index (χ0v) is 29.0. The standard InChI is InChI=1S/C27H30N2O3.C14H14O.C2H6/c30-24-15-13-21(14-16-24)18-25-26(31)12-7-17-28(19-22-8-3-1-4-9-22)27(32)29(25)20-23-10-5-2-6-11-23;1-12-7-9-14(10-8-12)15-11-13-5-3-2-4-6-13;1-2/h1-6,8-11,13-16,25-26,30-31H,7,12,17-20H2;2-10H,11H2,1H3;1-2H3. The summed E-state index contributed by atoms with van der Waals surface area (Å²) in [7, 11) is 0. The van der Waals surface area contributed by atoms with Crippen molar-refractivity contribution in [3.63, 3.8) is 0 Å². The van der Waals surface area contributed by atoms with E-state index < -0.39 is 6.10 Å². The first-order valence-electron chi connectivity index (χ1n) is 17.3. The average Bonchev–Trinajstić information content (AvgIpc) is 3.15. The minimum atomic E-state index is -0.615. The Labute approximate surface area is 292 Å². The third-order valence-corrected chi connectivity index (χ3v) is 8.35. The first-order valence-corrected chi connectivity index (χ1v) is 17.3. The summed E-state index contributed by atoms with van der Waals surface area (Å²) < 4.78 is 5.65. The van der Waals surface area contributed by atoms with Gasteiger partial charge in [-0.25, -0.2) is 4.79 Å². The molecular weight excluding hydrogens is 608 g/mol. The number of urea groups is 1. The fraction of sp³-hybridized carbons (Fsp3) is 0.279. The van der Waals surface area contributed by atoms with E-state index in [1.807, 2.05) is 127 Å². The second-order valence-electron chi connectivity index (χ2n) is 12.0.